The number of carboxylic acid groups (broad SMARTS) is 1. The number of hydrogen-bond donors (Lipinski definition) is 1. The number of piperidine rings is 1. The Labute approximate surface area is 124 Å². The minimum atomic E-state index is -0.770. The number of furan rings is 1. The van der Waals surface area contributed by atoms with Gasteiger partial charge in [0.05, 0.1) is 11.7 Å². The second-order valence-corrected chi connectivity index (χ2v) is 5.83. The molecule has 1 aromatic heterocycles. The average Bonchev–Trinajstić information content (AvgIpc) is 2.98. The molecule has 1 aliphatic rings. The number of nitrogens with zero attached hydrogens (tertiary/aromatic N) is 1. The zero-order valence-corrected chi connectivity index (χ0v) is 12.5. The molecule has 1 N–H and O–H groups in total. The number of rotatable bonds is 6. The predicted octanol–water partition coefficient (Wildman–Crippen LogP) is 2.71. The monoisotopic (exact) mass is 293 g/mol. The normalized spacial score (nSPS) is 22.2. The van der Waals surface area contributed by atoms with Gasteiger partial charge in [0.2, 0.25) is 5.91 Å². The zero-order valence-electron chi connectivity index (χ0n) is 12.5. The Morgan fingerprint density at radius 1 is 1.48 bits per heavy atom. The maximum Gasteiger partial charge on any atom is 0.311 e. The van der Waals surface area contributed by atoms with Crippen LogP contribution in [0, 0.1) is 5.41 Å². The zero-order chi connectivity index (χ0) is 15.3. The van der Waals surface area contributed by atoms with Gasteiger partial charge in [-0.3, -0.25) is 9.59 Å². The number of hydrogen-bond acceptors (Lipinski definition) is 3. The molecule has 0 radical (unpaired) electrons. The number of carbonyl (C=O) groups is 2. The molecule has 1 saturated heterocycles. The standard InChI is InChI=1S/C16H23NO4/c1-2-8-16(15(19)20)9-4-10-17(12-16)14(18)7-6-13-5-3-11-21-13/h3,5,11H,2,4,6-10,12H2,1H3,(H,19,20). The molecule has 5 heteroatoms. The Balaban J connectivity index is 1.96. The number of carboxylic acids is 1. The fourth-order valence-corrected chi connectivity index (χ4v) is 3.15. The summed E-state index contributed by atoms with van der Waals surface area (Å²) in [5.74, 6) is 0.0409. The van der Waals surface area contributed by atoms with Gasteiger partial charge in [-0.05, 0) is 31.4 Å². The number of amides is 1. The fourth-order valence-electron chi connectivity index (χ4n) is 3.15. The van der Waals surface area contributed by atoms with Gasteiger partial charge in [0.15, 0.2) is 0 Å². The van der Waals surface area contributed by atoms with Gasteiger partial charge in [-0.1, -0.05) is 13.3 Å². The van der Waals surface area contributed by atoms with E-state index in [-0.39, 0.29) is 5.91 Å². The Morgan fingerprint density at radius 2 is 2.29 bits per heavy atom. The lowest BCUT2D eigenvalue weighted by Gasteiger charge is -2.40. The number of likely N-dealkylation sites (tertiary alicyclic amines) is 1. The molecule has 21 heavy (non-hydrogen) atoms. The van der Waals surface area contributed by atoms with Crippen molar-refractivity contribution in [2.75, 3.05) is 13.1 Å². The number of aryl methyl sites for hydroxylation is 1. The quantitative estimate of drug-likeness (QED) is 0.875. The van der Waals surface area contributed by atoms with E-state index in [2.05, 4.69) is 0 Å². The molecule has 0 spiro atoms. The summed E-state index contributed by atoms with van der Waals surface area (Å²) in [5.41, 5.74) is -0.757. The van der Waals surface area contributed by atoms with Crippen LogP contribution in [0.2, 0.25) is 0 Å². The van der Waals surface area contributed by atoms with Crippen LogP contribution in [0.4, 0.5) is 0 Å². The van der Waals surface area contributed by atoms with Crippen LogP contribution in [0.15, 0.2) is 22.8 Å². The number of aliphatic carboxylic acids is 1. The van der Waals surface area contributed by atoms with Crippen LogP contribution in [-0.4, -0.2) is 35.0 Å². The third-order valence-electron chi connectivity index (χ3n) is 4.28. The fraction of sp³-hybridized carbons (Fsp3) is 0.625. The summed E-state index contributed by atoms with van der Waals surface area (Å²) in [5, 5.41) is 9.55. The molecule has 0 aromatic carbocycles. The first-order chi connectivity index (χ1) is 10.1. The highest BCUT2D eigenvalue weighted by Crippen LogP contribution is 2.35. The van der Waals surface area contributed by atoms with Crippen molar-refractivity contribution >= 4 is 11.9 Å². The van der Waals surface area contributed by atoms with E-state index in [4.69, 9.17) is 4.42 Å². The van der Waals surface area contributed by atoms with Crippen LogP contribution >= 0.6 is 0 Å². The second kappa shape index (κ2) is 6.78. The molecule has 2 heterocycles. The summed E-state index contributed by atoms with van der Waals surface area (Å²) < 4.78 is 5.22. The lowest BCUT2D eigenvalue weighted by atomic mass is 9.76. The summed E-state index contributed by atoms with van der Waals surface area (Å²) in [4.78, 5) is 25.6. The second-order valence-electron chi connectivity index (χ2n) is 5.83. The van der Waals surface area contributed by atoms with Crippen molar-refractivity contribution in [3.8, 4) is 0 Å². The summed E-state index contributed by atoms with van der Waals surface area (Å²) in [6.45, 7) is 2.99. The average molecular weight is 293 g/mol. The molecule has 1 fully saturated rings. The first kappa shape index (κ1) is 15.6. The maximum absolute atomic E-state index is 12.3. The van der Waals surface area contributed by atoms with Crippen LogP contribution in [-0.2, 0) is 16.0 Å². The molecule has 1 aromatic rings. The molecular formula is C16H23NO4. The topological polar surface area (TPSA) is 70.8 Å². The SMILES string of the molecule is CCCC1(C(=O)O)CCCN(C(=O)CCc2ccco2)C1. The number of carbonyl (C=O) groups excluding carboxylic acids is 1. The van der Waals surface area contributed by atoms with Gasteiger partial charge in [0.1, 0.15) is 5.76 Å². The van der Waals surface area contributed by atoms with Crippen molar-refractivity contribution in [2.24, 2.45) is 5.41 Å². The molecule has 1 amide bonds. The molecule has 1 atom stereocenters. The Kier molecular flexibility index (Phi) is 5.04. The molecule has 1 aliphatic heterocycles. The molecule has 0 saturated carbocycles. The third kappa shape index (κ3) is 3.65. The third-order valence-corrected chi connectivity index (χ3v) is 4.28. The van der Waals surface area contributed by atoms with Gasteiger partial charge in [-0.15, -0.1) is 0 Å². The van der Waals surface area contributed by atoms with Gasteiger partial charge in [-0.25, -0.2) is 0 Å². The smallest absolute Gasteiger partial charge is 0.311 e. The van der Waals surface area contributed by atoms with Gasteiger partial charge in [0, 0.05) is 25.9 Å². The molecule has 5 nitrogen and oxygen atoms in total. The van der Waals surface area contributed by atoms with Crippen LogP contribution in [0.25, 0.3) is 0 Å². The summed E-state index contributed by atoms with van der Waals surface area (Å²) in [7, 11) is 0. The van der Waals surface area contributed by atoms with E-state index in [1.807, 2.05) is 13.0 Å². The van der Waals surface area contributed by atoms with Gasteiger partial charge in [0.25, 0.3) is 0 Å². The Morgan fingerprint density at radius 3 is 2.90 bits per heavy atom. The highest BCUT2D eigenvalue weighted by Gasteiger charge is 2.42. The van der Waals surface area contributed by atoms with E-state index >= 15 is 0 Å². The molecule has 2 rings (SSSR count). The molecule has 0 aliphatic carbocycles. The van der Waals surface area contributed by atoms with Crippen molar-refractivity contribution in [1.82, 2.24) is 4.90 Å². The maximum atomic E-state index is 12.3. The highest BCUT2D eigenvalue weighted by molar-refractivity contribution is 5.79. The molecule has 1 unspecified atom stereocenters. The minimum absolute atomic E-state index is 0.0211. The van der Waals surface area contributed by atoms with Crippen LogP contribution in [0.5, 0.6) is 0 Å². The first-order valence-corrected chi connectivity index (χ1v) is 7.61. The molecular weight excluding hydrogens is 270 g/mol. The van der Waals surface area contributed by atoms with Gasteiger partial charge in [-0.2, -0.15) is 0 Å². The lowest BCUT2D eigenvalue weighted by molar-refractivity contribution is -0.155. The van der Waals surface area contributed by atoms with Gasteiger partial charge >= 0.3 is 5.97 Å². The van der Waals surface area contributed by atoms with Crippen molar-refractivity contribution in [1.29, 1.82) is 0 Å². The minimum Gasteiger partial charge on any atom is -0.481 e. The summed E-state index contributed by atoms with van der Waals surface area (Å²) in [6.07, 6.45) is 5.41. The van der Waals surface area contributed by atoms with E-state index in [0.717, 1.165) is 18.6 Å². The molecule has 116 valence electrons. The Bertz CT molecular complexity index is 478. The van der Waals surface area contributed by atoms with Crippen LogP contribution in [0.1, 0.15) is 44.8 Å². The van der Waals surface area contributed by atoms with Crippen molar-refractivity contribution in [3.05, 3.63) is 24.2 Å². The summed E-state index contributed by atoms with van der Waals surface area (Å²) in [6, 6.07) is 3.65. The largest absolute Gasteiger partial charge is 0.481 e. The van der Waals surface area contributed by atoms with E-state index in [9.17, 15) is 14.7 Å². The van der Waals surface area contributed by atoms with Crippen LogP contribution < -0.4 is 0 Å². The summed E-state index contributed by atoms with van der Waals surface area (Å²) >= 11 is 0. The van der Waals surface area contributed by atoms with E-state index < -0.39 is 11.4 Å². The predicted molar refractivity (Wildman–Crippen MR) is 77.8 cm³/mol. The van der Waals surface area contributed by atoms with Crippen molar-refractivity contribution in [2.45, 2.75) is 45.4 Å². The van der Waals surface area contributed by atoms with Crippen molar-refractivity contribution in [3.63, 3.8) is 0 Å². The van der Waals surface area contributed by atoms with Crippen LogP contribution in [0.3, 0.4) is 0 Å². The van der Waals surface area contributed by atoms with Gasteiger partial charge < -0.3 is 14.4 Å². The van der Waals surface area contributed by atoms with E-state index in [1.165, 1.54) is 0 Å². The van der Waals surface area contributed by atoms with Crippen molar-refractivity contribution < 1.29 is 19.1 Å². The lowest BCUT2D eigenvalue weighted by Crippen LogP contribution is -2.50. The van der Waals surface area contributed by atoms with E-state index in [0.29, 0.717) is 38.8 Å². The molecule has 0 bridgehead atoms. The Hall–Kier alpha value is -1.78. The first-order valence-electron chi connectivity index (χ1n) is 7.61. The highest BCUT2D eigenvalue weighted by atomic mass is 16.4. The van der Waals surface area contributed by atoms with E-state index in [1.54, 1.807) is 17.2 Å².